The highest BCUT2D eigenvalue weighted by Crippen LogP contribution is 2.36. The number of carbonyl (C=O) groups excluding carboxylic acids is 2. The number of carboxylic acids is 1. The van der Waals surface area contributed by atoms with Gasteiger partial charge < -0.3 is 29.9 Å². The molecule has 10 heteroatoms. The van der Waals surface area contributed by atoms with E-state index in [0.717, 1.165) is 0 Å². The Kier molecular flexibility index (Phi) is 7.30. The summed E-state index contributed by atoms with van der Waals surface area (Å²) in [4.78, 5) is 38.2. The molecule has 1 aliphatic heterocycles. The highest BCUT2D eigenvalue weighted by molar-refractivity contribution is 7.99. The number of benzene rings is 1. The quantitative estimate of drug-likeness (QED) is 0.406. The number of β-amino-alcohol motifs (C(OH)–C–C–N with tert-alkyl or cyclic N) is 1. The molecule has 1 aromatic rings. The maximum atomic E-state index is 12.7. The number of anilines is 1. The molecule has 2 rings (SSSR count). The van der Waals surface area contributed by atoms with Gasteiger partial charge in [-0.25, -0.2) is 9.59 Å². The summed E-state index contributed by atoms with van der Waals surface area (Å²) < 4.78 is 9.93. The number of nitrogens with zero attached hydrogens (tertiary/aromatic N) is 1. The summed E-state index contributed by atoms with van der Waals surface area (Å²) in [6, 6.07) is 2.94. The highest BCUT2D eigenvalue weighted by atomic mass is 32.2. The maximum absolute atomic E-state index is 12.7. The minimum atomic E-state index is -1.14. The lowest BCUT2D eigenvalue weighted by atomic mass is 10.1. The number of hydrogen-bond acceptors (Lipinski definition) is 8. The third kappa shape index (κ3) is 4.39. The van der Waals surface area contributed by atoms with Gasteiger partial charge in [0, 0.05) is 17.5 Å². The Balaban J connectivity index is 2.52. The summed E-state index contributed by atoms with van der Waals surface area (Å²) in [5.41, 5.74) is 0.591. The molecular weight excluding hydrogens is 388 g/mol. The van der Waals surface area contributed by atoms with Crippen LogP contribution in [-0.2, 0) is 14.3 Å². The van der Waals surface area contributed by atoms with Gasteiger partial charge in [0.05, 0.1) is 38.6 Å². The lowest BCUT2D eigenvalue weighted by Gasteiger charge is -2.17. The summed E-state index contributed by atoms with van der Waals surface area (Å²) >= 11 is 1.38. The largest absolute Gasteiger partial charge is 0.496 e. The van der Waals surface area contributed by atoms with Crippen LogP contribution in [0.4, 0.5) is 5.69 Å². The van der Waals surface area contributed by atoms with Crippen LogP contribution >= 0.6 is 11.8 Å². The first-order chi connectivity index (χ1) is 13.4. The molecule has 0 spiro atoms. The second-order valence-corrected chi connectivity index (χ2v) is 7.01. The van der Waals surface area contributed by atoms with E-state index >= 15 is 0 Å². The van der Waals surface area contributed by atoms with Crippen molar-refractivity contribution >= 4 is 35.3 Å². The van der Waals surface area contributed by atoms with Crippen LogP contribution in [0.2, 0.25) is 0 Å². The summed E-state index contributed by atoms with van der Waals surface area (Å²) in [7, 11) is 2.57. The van der Waals surface area contributed by atoms with Gasteiger partial charge in [-0.05, 0) is 11.8 Å². The van der Waals surface area contributed by atoms with Crippen LogP contribution in [0.25, 0.3) is 0 Å². The Morgan fingerprint density at radius 2 is 2.04 bits per heavy atom. The Morgan fingerprint density at radius 1 is 1.32 bits per heavy atom. The van der Waals surface area contributed by atoms with Gasteiger partial charge in [0.1, 0.15) is 17.0 Å². The summed E-state index contributed by atoms with van der Waals surface area (Å²) in [6.45, 7) is 1.74. The first-order valence-electron chi connectivity index (χ1n) is 8.44. The second-order valence-electron chi connectivity index (χ2n) is 5.71. The molecule has 0 radical (unpaired) electrons. The monoisotopic (exact) mass is 410 g/mol. The molecule has 9 nitrogen and oxygen atoms in total. The van der Waals surface area contributed by atoms with Gasteiger partial charge in [0.2, 0.25) is 0 Å². The molecule has 1 heterocycles. The van der Waals surface area contributed by atoms with E-state index in [2.05, 4.69) is 5.32 Å². The zero-order valence-electron chi connectivity index (χ0n) is 15.8. The van der Waals surface area contributed by atoms with E-state index in [1.165, 1.54) is 43.0 Å². The zero-order valence-corrected chi connectivity index (χ0v) is 16.6. The van der Waals surface area contributed by atoms with Gasteiger partial charge in [0.15, 0.2) is 0 Å². The SMILES string of the molecule is CCSc1cc(C(=O)O)c(OC)cc1NC1=C(C(=O)OC)CN(CCO)C1=O. The average Bonchev–Trinajstić information content (AvgIpc) is 2.98. The van der Waals surface area contributed by atoms with Gasteiger partial charge in [-0.1, -0.05) is 6.92 Å². The minimum absolute atomic E-state index is 0.00849. The Hall–Kier alpha value is -2.72. The number of ether oxygens (including phenoxy) is 2. The zero-order chi connectivity index (χ0) is 20.8. The van der Waals surface area contributed by atoms with E-state index in [9.17, 15) is 19.5 Å². The number of methoxy groups -OCH3 is 2. The minimum Gasteiger partial charge on any atom is -0.496 e. The van der Waals surface area contributed by atoms with E-state index in [4.69, 9.17) is 14.6 Å². The first-order valence-corrected chi connectivity index (χ1v) is 9.43. The molecule has 0 saturated heterocycles. The fraction of sp³-hybridized carbons (Fsp3) is 0.389. The fourth-order valence-corrected chi connectivity index (χ4v) is 3.53. The molecule has 0 bridgehead atoms. The van der Waals surface area contributed by atoms with Crippen molar-refractivity contribution in [2.24, 2.45) is 0 Å². The van der Waals surface area contributed by atoms with Crippen LogP contribution < -0.4 is 10.1 Å². The van der Waals surface area contributed by atoms with Crippen molar-refractivity contribution in [1.29, 1.82) is 0 Å². The molecule has 152 valence electrons. The van der Waals surface area contributed by atoms with Crippen molar-refractivity contribution < 1.29 is 34.1 Å². The van der Waals surface area contributed by atoms with Crippen LogP contribution in [0.3, 0.4) is 0 Å². The number of amides is 1. The third-order valence-corrected chi connectivity index (χ3v) is 4.98. The third-order valence-electron chi connectivity index (χ3n) is 4.05. The molecule has 28 heavy (non-hydrogen) atoms. The number of rotatable bonds is 9. The Labute approximate surface area is 166 Å². The predicted octanol–water partition coefficient (Wildman–Crippen LogP) is 1.18. The number of aromatic carboxylic acids is 1. The van der Waals surface area contributed by atoms with Crippen LogP contribution in [0, 0.1) is 0 Å². The summed E-state index contributed by atoms with van der Waals surface area (Å²) in [6.07, 6.45) is 0. The van der Waals surface area contributed by atoms with Crippen LogP contribution in [0.1, 0.15) is 17.3 Å². The molecule has 0 saturated carbocycles. The number of aliphatic hydroxyl groups excluding tert-OH is 1. The number of thioether (sulfide) groups is 1. The van der Waals surface area contributed by atoms with Gasteiger partial charge in [-0.15, -0.1) is 11.8 Å². The second kappa shape index (κ2) is 9.47. The molecule has 3 N–H and O–H groups in total. The highest BCUT2D eigenvalue weighted by Gasteiger charge is 2.35. The van der Waals surface area contributed by atoms with Crippen molar-refractivity contribution in [2.45, 2.75) is 11.8 Å². The molecule has 1 aromatic carbocycles. The number of nitrogens with one attached hydrogen (secondary N) is 1. The molecule has 0 aliphatic carbocycles. The topological polar surface area (TPSA) is 125 Å². The molecule has 0 fully saturated rings. The van der Waals surface area contributed by atoms with Crippen molar-refractivity contribution in [2.75, 3.05) is 45.0 Å². The number of esters is 1. The number of carboxylic acid groups (broad SMARTS) is 1. The fourth-order valence-electron chi connectivity index (χ4n) is 2.75. The van der Waals surface area contributed by atoms with Crippen molar-refractivity contribution in [1.82, 2.24) is 4.90 Å². The van der Waals surface area contributed by atoms with E-state index in [1.807, 2.05) is 6.92 Å². The molecule has 0 aromatic heterocycles. The number of hydrogen-bond donors (Lipinski definition) is 3. The van der Waals surface area contributed by atoms with E-state index in [1.54, 1.807) is 0 Å². The van der Waals surface area contributed by atoms with Crippen LogP contribution in [0.5, 0.6) is 5.75 Å². The first kappa shape index (κ1) is 21.6. The number of carbonyl (C=O) groups is 3. The summed E-state index contributed by atoms with van der Waals surface area (Å²) in [5.74, 6) is -1.47. The normalized spacial score (nSPS) is 13.7. The van der Waals surface area contributed by atoms with Crippen molar-refractivity contribution in [3.8, 4) is 5.75 Å². The molecule has 0 atom stereocenters. The molecule has 1 amide bonds. The van der Waals surface area contributed by atoms with E-state index in [0.29, 0.717) is 16.3 Å². The van der Waals surface area contributed by atoms with Gasteiger partial charge >= 0.3 is 11.9 Å². The summed E-state index contributed by atoms with van der Waals surface area (Å²) in [5, 5.41) is 21.5. The van der Waals surface area contributed by atoms with Crippen LogP contribution in [0.15, 0.2) is 28.3 Å². The Bertz CT molecular complexity index is 822. The van der Waals surface area contributed by atoms with Crippen molar-refractivity contribution in [3.05, 3.63) is 29.0 Å². The van der Waals surface area contributed by atoms with Gasteiger partial charge in [-0.3, -0.25) is 4.79 Å². The van der Waals surface area contributed by atoms with Gasteiger partial charge in [-0.2, -0.15) is 0 Å². The van der Waals surface area contributed by atoms with Crippen LogP contribution in [-0.4, -0.2) is 72.6 Å². The van der Waals surface area contributed by atoms with Gasteiger partial charge in [0.25, 0.3) is 5.91 Å². The lowest BCUT2D eigenvalue weighted by molar-refractivity contribution is -0.136. The standard InChI is InChI=1S/C18H22N2O7S/c1-4-28-14-7-10(17(23)24)13(26-2)8-12(14)19-15-11(18(25)27-3)9-20(5-6-21)16(15)22/h7-8,19,21H,4-6,9H2,1-3H3,(H,23,24). The lowest BCUT2D eigenvalue weighted by Crippen LogP contribution is -2.31. The predicted molar refractivity (Wildman–Crippen MR) is 103 cm³/mol. The molecule has 0 unspecified atom stereocenters. The number of aliphatic hydroxyl groups is 1. The maximum Gasteiger partial charge on any atom is 0.339 e. The Morgan fingerprint density at radius 3 is 2.57 bits per heavy atom. The average molecular weight is 410 g/mol. The smallest absolute Gasteiger partial charge is 0.339 e. The van der Waals surface area contributed by atoms with Crippen molar-refractivity contribution in [3.63, 3.8) is 0 Å². The van der Waals surface area contributed by atoms with E-state index in [-0.39, 0.29) is 42.3 Å². The molecular formula is C18H22N2O7S. The molecule has 1 aliphatic rings. The van der Waals surface area contributed by atoms with E-state index < -0.39 is 17.8 Å².